The van der Waals surface area contributed by atoms with E-state index in [1.54, 1.807) is 24.1 Å². The molecule has 0 aliphatic carbocycles. The fourth-order valence-corrected chi connectivity index (χ4v) is 5.29. The molecule has 2 N–H and O–H groups in total. The molecule has 0 saturated carbocycles. The van der Waals surface area contributed by atoms with Crippen LogP contribution in [-0.4, -0.2) is 59.0 Å². The summed E-state index contributed by atoms with van der Waals surface area (Å²) in [6.07, 6.45) is -1.91. The zero-order valence-corrected chi connectivity index (χ0v) is 19.1. The Balaban J connectivity index is 1.38. The lowest BCUT2D eigenvalue weighted by Crippen LogP contribution is -2.28. The highest BCUT2D eigenvalue weighted by Crippen LogP contribution is 2.40. The zero-order chi connectivity index (χ0) is 23.6. The van der Waals surface area contributed by atoms with Crippen LogP contribution in [-0.2, 0) is 19.0 Å². The van der Waals surface area contributed by atoms with E-state index in [1.807, 2.05) is 25.2 Å². The maximum absolute atomic E-state index is 12.9. The van der Waals surface area contributed by atoms with Gasteiger partial charge in [-0.2, -0.15) is 13.2 Å². The lowest BCUT2D eigenvalue weighted by molar-refractivity contribution is -0.137. The van der Waals surface area contributed by atoms with Gasteiger partial charge in [-0.25, -0.2) is 4.31 Å². The summed E-state index contributed by atoms with van der Waals surface area (Å²) in [5, 5.41) is 18.0. The van der Waals surface area contributed by atoms with E-state index in [0.29, 0.717) is 5.75 Å². The number of benzene rings is 2. The summed E-state index contributed by atoms with van der Waals surface area (Å²) < 4.78 is 46.1. The molecule has 178 valence electrons. The number of likely N-dealkylation sites (N-methyl/N-ethyl adjacent to an activating group) is 1. The molecular formula is C24H27F3N2O3S. The molecule has 33 heavy (non-hydrogen) atoms. The van der Waals surface area contributed by atoms with Gasteiger partial charge in [0.05, 0.1) is 11.6 Å². The first-order valence-electron chi connectivity index (χ1n) is 10.8. The van der Waals surface area contributed by atoms with Crippen LogP contribution in [0.2, 0.25) is 0 Å². The number of fused-ring (bicyclic) bond motifs is 1. The Bertz CT molecular complexity index is 995. The van der Waals surface area contributed by atoms with Gasteiger partial charge in [-0.1, -0.05) is 18.2 Å². The van der Waals surface area contributed by atoms with E-state index >= 15 is 0 Å². The molecule has 2 aromatic rings. The molecule has 0 bridgehead atoms. The van der Waals surface area contributed by atoms with Gasteiger partial charge >= 0.3 is 6.18 Å². The minimum absolute atomic E-state index is 0.0574. The average Bonchev–Trinajstić information content (AvgIpc) is 3.01. The summed E-state index contributed by atoms with van der Waals surface area (Å²) in [4.78, 5) is 3.58. The molecule has 2 aliphatic heterocycles. The average molecular weight is 481 g/mol. The van der Waals surface area contributed by atoms with Crippen molar-refractivity contribution in [3.8, 4) is 5.75 Å². The summed E-state index contributed by atoms with van der Waals surface area (Å²) in [7, 11) is 1.96. The van der Waals surface area contributed by atoms with Crippen LogP contribution in [0.15, 0.2) is 53.4 Å². The van der Waals surface area contributed by atoms with Crippen LogP contribution < -0.4 is 4.74 Å². The first-order chi connectivity index (χ1) is 15.7. The lowest BCUT2D eigenvalue weighted by atomic mass is 10.0. The molecule has 9 heteroatoms. The normalized spacial score (nSPS) is 20.0. The summed E-state index contributed by atoms with van der Waals surface area (Å²) in [6.45, 7) is 2.42. The molecule has 0 amide bonds. The molecule has 0 saturated heterocycles. The Morgan fingerprint density at radius 3 is 2.42 bits per heavy atom. The van der Waals surface area contributed by atoms with E-state index in [9.17, 15) is 13.2 Å². The summed E-state index contributed by atoms with van der Waals surface area (Å²) >= 11 is 1.64. The number of nitrogens with zero attached hydrogens (tertiary/aromatic N) is 2. The number of hydrogen-bond acceptors (Lipinski definition) is 6. The van der Waals surface area contributed by atoms with Gasteiger partial charge in [0.2, 0.25) is 0 Å². The second kappa shape index (κ2) is 10.1. The monoisotopic (exact) mass is 480 g/mol. The quantitative estimate of drug-likeness (QED) is 0.481. The van der Waals surface area contributed by atoms with E-state index in [1.165, 1.54) is 16.0 Å². The molecule has 1 atom stereocenters. The number of halogens is 3. The van der Waals surface area contributed by atoms with Gasteiger partial charge in [-0.3, -0.25) is 4.90 Å². The van der Waals surface area contributed by atoms with Crippen molar-refractivity contribution in [1.29, 1.82) is 0 Å². The molecule has 0 radical (unpaired) electrons. The molecule has 5 nitrogen and oxygen atoms in total. The smallest absolute Gasteiger partial charge is 0.416 e. The fraction of sp³-hybridized carbons (Fsp3) is 0.417. The third kappa shape index (κ3) is 6.10. The number of rotatable bonds is 6. The Kier molecular flexibility index (Phi) is 7.35. The summed E-state index contributed by atoms with van der Waals surface area (Å²) in [6, 6.07) is 11.2. The maximum atomic E-state index is 12.9. The maximum Gasteiger partial charge on any atom is 0.416 e. The Labute approximate surface area is 195 Å². The second-order valence-corrected chi connectivity index (χ2v) is 9.62. The highest BCUT2D eigenvalue weighted by Gasteiger charge is 2.31. The van der Waals surface area contributed by atoms with Gasteiger partial charge in [-0.15, -0.1) is 0 Å². The van der Waals surface area contributed by atoms with Crippen LogP contribution in [0.5, 0.6) is 5.75 Å². The van der Waals surface area contributed by atoms with Gasteiger partial charge in [0.25, 0.3) is 0 Å². The summed E-state index contributed by atoms with van der Waals surface area (Å²) in [5.41, 5.74) is 2.68. The molecule has 0 spiro atoms. The molecular weight excluding hydrogens is 453 g/mol. The SMILES string of the molecule is CN1SC(CN2CCc3ccc(OCC(O)O)cc3CC2)=CC1c1ccc(C(F)(F)F)cc1. The molecule has 1 unspecified atom stereocenters. The van der Waals surface area contributed by atoms with Crippen molar-refractivity contribution in [2.24, 2.45) is 0 Å². The molecule has 2 heterocycles. The summed E-state index contributed by atoms with van der Waals surface area (Å²) in [5.74, 6) is 0.630. The van der Waals surface area contributed by atoms with Crippen LogP contribution in [0.1, 0.15) is 28.3 Å². The minimum Gasteiger partial charge on any atom is -0.488 e. The van der Waals surface area contributed by atoms with Gasteiger partial charge in [0, 0.05) is 24.5 Å². The van der Waals surface area contributed by atoms with Crippen molar-refractivity contribution in [2.45, 2.75) is 31.3 Å². The van der Waals surface area contributed by atoms with Crippen LogP contribution in [0.4, 0.5) is 13.2 Å². The van der Waals surface area contributed by atoms with E-state index in [0.717, 1.165) is 50.2 Å². The van der Waals surface area contributed by atoms with Gasteiger partial charge < -0.3 is 14.9 Å². The molecule has 4 rings (SSSR count). The van der Waals surface area contributed by atoms with Crippen molar-refractivity contribution in [3.63, 3.8) is 0 Å². The number of aliphatic hydroxyl groups is 2. The van der Waals surface area contributed by atoms with Crippen LogP contribution >= 0.6 is 11.9 Å². The standard InChI is InChI=1S/C24H27F3N2O3S/c1-28-22(17-2-5-19(6-3-17)24(25,26)27)13-21(33-28)14-29-10-8-16-4-7-20(32-15-23(30)31)12-18(16)9-11-29/h2-7,12-13,22-23,30-31H,8-11,14-15H2,1H3. The number of hydrogen-bond donors (Lipinski definition) is 2. The molecule has 2 aliphatic rings. The van der Waals surface area contributed by atoms with Crippen molar-refractivity contribution in [1.82, 2.24) is 9.21 Å². The largest absolute Gasteiger partial charge is 0.488 e. The first-order valence-corrected chi connectivity index (χ1v) is 11.6. The van der Waals surface area contributed by atoms with Crippen LogP contribution in [0.3, 0.4) is 0 Å². The van der Waals surface area contributed by atoms with Crippen molar-refractivity contribution < 1.29 is 28.1 Å². The topological polar surface area (TPSA) is 56.2 Å². The predicted molar refractivity (Wildman–Crippen MR) is 122 cm³/mol. The Morgan fingerprint density at radius 1 is 1.06 bits per heavy atom. The highest BCUT2D eigenvalue weighted by atomic mass is 32.2. The predicted octanol–water partition coefficient (Wildman–Crippen LogP) is 4.01. The second-order valence-electron chi connectivity index (χ2n) is 8.33. The molecule has 0 fully saturated rings. The number of aliphatic hydroxyl groups excluding tert-OH is 1. The van der Waals surface area contributed by atoms with Crippen molar-refractivity contribution >= 4 is 11.9 Å². The van der Waals surface area contributed by atoms with Gasteiger partial charge in [0.15, 0.2) is 6.29 Å². The molecule has 0 aromatic heterocycles. The first kappa shape index (κ1) is 24.1. The Hall–Kier alpha value is -2.04. The van der Waals surface area contributed by atoms with Gasteiger partial charge in [-0.05, 0) is 78.9 Å². The minimum atomic E-state index is -4.33. The van der Waals surface area contributed by atoms with E-state index < -0.39 is 18.0 Å². The fourth-order valence-electron chi connectivity index (χ4n) is 4.20. The van der Waals surface area contributed by atoms with Gasteiger partial charge in [0.1, 0.15) is 12.4 Å². The zero-order valence-electron chi connectivity index (χ0n) is 18.3. The third-order valence-corrected chi connectivity index (χ3v) is 6.94. The number of ether oxygens (including phenoxy) is 1. The van der Waals surface area contributed by atoms with Crippen LogP contribution in [0, 0.1) is 0 Å². The molecule has 2 aromatic carbocycles. The lowest BCUT2D eigenvalue weighted by Gasteiger charge is -2.21. The van der Waals surface area contributed by atoms with E-state index in [2.05, 4.69) is 15.3 Å². The van der Waals surface area contributed by atoms with E-state index in [-0.39, 0.29) is 12.6 Å². The van der Waals surface area contributed by atoms with E-state index in [4.69, 9.17) is 14.9 Å². The van der Waals surface area contributed by atoms with Crippen molar-refractivity contribution in [2.75, 3.05) is 33.3 Å². The highest BCUT2D eigenvalue weighted by molar-refractivity contribution is 8.01. The van der Waals surface area contributed by atoms with Crippen LogP contribution in [0.25, 0.3) is 0 Å². The Morgan fingerprint density at radius 2 is 1.76 bits per heavy atom. The van der Waals surface area contributed by atoms with Crippen molar-refractivity contribution in [3.05, 3.63) is 75.7 Å². The third-order valence-electron chi connectivity index (χ3n) is 5.93. The number of alkyl halides is 3.